The van der Waals surface area contributed by atoms with Gasteiger partial charge in [-0.1, -0.05) is 142 Å². The average Bonchev–Trinajstić information content (AvgIpc) is 3.71. The lowest BCUT2D eigenvalue weighted by atomic mass is 9.82. The molecule has 1 aromatic rings. The molecule has 0 unspecified atom stereocenters. The zero-order chi connectivity index (χ0) is 57.5. The molecule has 5 rings (SSSR count). The third kappa shape index (κ3) is 16.9. The van der Waals surface area contributed by atoms with Crippen molar-refractivity contribution in [1.82, 2.24) is 0 Å². The molecule has 438 valence electrons. The maximum atomic E-state index is 7.98. The number of fused-ring (bicyclic) bond motifs is 1. The molecule has 76 heavy (non-hydrogen) atoms. The van der Waals surface area contributed by atoms with Crippen LogP contribution in [-0.4, -0.2) is 106 Å². The first kappa shape index (κ1) is 66.5. The Labute approximate surface area is 478 Å². The molecule has 4 aliphatic heterocycles. The number of benzene rings is 1. The molecule has 4 aliphatic rings. The summed E-state index contributed by atoms with van der Waals surface area (Å²) in [5, 5.41) is -0.00694. The van der Waals surface area contributed by atoms with Gasteiger partial charge in [0.1, 0.15) is 0 Å². The SMILES string of the molecule is CCC[C@H](OCc1ccc(Br)cc1)[C@H](O[Si](C)(C)C(C)(C)C)[C@](C)(C[C@H]1O[C@H]2CC[C@@]3(C=C(C)C[C@@H](C[C@H]4CC[C@H]([C@@H](C=C(C)C)O[Si](C)(C)C(C)(C)C)O4)O3)O[C@@H]2C[C@H]1O[Si](C)(C)C(C)(C)C)O[Si](C)(C)C(C)(C)C. The van der Waals surface area contributed by atoms with Crippen molar-refractivity contribution >= 4 is 49.2 Å². The van der Waals surface area contributed by atoms with Gasteiger partial charge in [-0.2, -0.15) is 0 Å². The van der Waals surface area contributed by atoms with E-state index in [0.717, 1.165) is 61.4 Å². The lowest BCUT2D eigenvalue weighted by molar-refractivity contribution is -0.322. The fourth-order valence-electron chi connectivity index (χ4n) is 10.6. The minimum absolute atomic E-state index is 0.0156. The zero-order valence-electron chi connectivity index (χ0n) is 53.1. The second-order valence-electron chi connectivity index (χ2n) is 30.4. The van der Waals surface area contributed by atoms with Crippen molar-refractivity contribution in [3.05, 3.63) is 57.6 Å². The highest BCUT2D eigenvalue weighted by molar-refractivity contribution is 9.10. The molecule has 3 saturated heterocycles. The first-order valence-electron chi connectivity index (χ1n) is 29.6. The summed E-state index contributed by atoms with van der Waals surface area (Å²) in [5.74, 6) is -0.832. The van der Waals surface area contributed by atoms with Gasteiger partial charge in [0.05, 0.1) is 73.2 Å². The van der Waals surface area contributed by atoms with Crippen LogP contribution in [0.15, 0.2) is 52.0 Å². The molecular formula is C62H113BrO9Si4. The predicted molar refractivity (Wildman–Crippen MR) is 330 cm³/mol. The predicted octanol–water partition coefficient (Wildman–Crippen LogP) is 18.1. The Kier molecular flexibility index (Phi) is 21.8. The molecule has 0 saturated carbocycles. The molecule has 0 aliphatic carbocycles. The van der Waals surface area contributed by atoms with E-state index in [1.54, 1.807) is 0 Å². The fraction of sp³-hybridized carbons (Fsp3) is 0.839. The maximum Gasteiger partial charge on any atom is 0.193 e. The third-order valence-corrected chi connectivity index (χ3v) is 37.7. The number of allylic oxidation sites excluding steroid dienone is 1. The van der Waals surface area contributed by atoms with Gasteiger partial charge in [-0.05, 0) is 156 Å². The van der Waals surface area contributed by atoms with E-state index in [9.17, 15) is 0 Å². The van der Waals surface area contributed by atoms with Gasteiger partial charge in [0.15, 0.2) is 39.1 Å². The Morgan fingerprint density at radius 3 is 1.86 bits per heavy atom. The second kappa shape index (κ2) is 24.9. The van der Waals surface area contributed by atoms with Crippen LogP contribution in [0.3, 0.4) is 0 Å². The Balaban J connectivity index is 1.48. The summed E-state index contributed by atoms with van der Waals surface area (Å²) in [6, 6.07) is 8.49. The van der Waals surface area contributed by atoms with Crippen LogP contribution in [0.4, 0.5) is 0 Å². The average molecular weight is 1190 g/mol. The van der Waals surface area contributed by atoms with E-state index in [1.807, 2.05) is 0 Å². The highest BCUT2D eigenvalue weighted by Gasteiger charge is 2.57. The molecule has 4 heterocycles. The summed E-state index contributed by atoms with van der Waals surface area (Å²) in [6.45, 7) is 58.6. The Hall–Kier alpha value is -0.312. The fourth-order valence-corrected chi connectivity index (χ4v) is 16.6. The van der Waals surface area contributed by atoms with E-state index >= 15 is 0 Å². The van der Waals surface area contributed by atoms with Crippen molar-refractivity contribution in [2.75, 3.05) is 0 Å². The number of hydrogen-bond donors (Lipinski definition) is 0. The Bertz CT molecular complexity index is 2100. The van der Waals surface area contributed by atoms with Gasteiger partial charge >= 0.3 is 0 Å². The van der Waals surface area contributed by atoms with E-state index in [1.165, 1.54) is 11.1 Å². The first-order chi connectivity index (χ1) is 34.5. The third-order valence-electron chi connectivity index (χ3n) is 19.2. The minimum Gasteiger partial charge on any atom is -0.411 e. The molecule has 1 aromatic carbocycles. The van der Waals surface area contributed by atoms with E-state index in [0.29, 0.717) is 19.4 Å². The van der Waals surface area contributed by atoms with E-state index in [2.05, 4.69) is 222 Å². The van der Waals surface area contributed by atoms with Crippen molar-refractivity contribution in [2.24, 2.45) is 0 Å². The molecule has 0 radical (unpaired) electrons. The molecule has 0 amide bonds. The van der Waals surface area contributed by atoms with Gasteiger partial charge in [0, 0.05) is 30.2 Å². The van der Waals surface area contributed by atoms with Crippen LogP contribution in [0, 0.1) is 0 Å². The van der Waals surface area contributed by atoms with Crippen LogP contribution >= 0.6 is 15.9 Å². The summed E-state index contributed by atoms with van der Waals surface area (Å²) in [5.41, 5.74) is 2.91. The van der Waals surface area contributed by atoms with E-state index in [-0.39, 0.29) is 81.2 Å². The minimum atomic E-state index is -2.47. The van der Waals surface area contributed by atoms with Gasteiger partial charge in [0.25, 0.3) is 0 Å². The Morgan fingerprint density at radius 1 is 0.724 bits per heavy atom. The molecule has 1 spiro atoms. The van der Waals surface area contributed by atoms with Crippen molar-refractivity contribution in [2.45, 2.75) is 333 Å². The van der Waals surface area contributed by atoms with Crippen LogP contribution in [0.1, 0.15) is 187 Å². The van der Waals surface area contributed by atoms with Gasteiger partial charge in [-0.3, -0.25) is 0 Å². The van der Waals surface area contributed by atoms with Crippen molar-refractivity contribution in [1.29, 1.82) is 0 Å². The van der Waals surface area contributed by atoms with Gasteiger partial charge < -0.3 is 41.4 Å². The standard InChI is InChI=1S/C62H113BrO9Si4/c1-26-27-51(64-42-45-28-30-46(63)31-29-45)56(71-75(22,23)59(11,12)13)61(17,72-76(24,25)60(14,15)16)41-55-54(70-74(20,21)58(8,9)10)39-52-50(66-55)34-35-62(68-52)40-44(4)37-48(67-62)38-47-32-33-49(65-47)53(36-43(2)3)69-73(18,19)57(5,6)7/h28-31,36,40,47-56H,26-27,32-35,37-39,41-42H2,1-25H3/t47-,48+,49-,50+,51+,52-,53-,54-,55-,56+,61+,62+/m1/s1. The lowest BCUT2D eigenvalue weighted by Gasteiger charge is -2.56. The smallest absolute Gasteiger partial charge is 0.193 e. The first-order valence-corrected chi connectivity index (χ1v) is 42.0. The van der Waals surface area contributed by atoms with E-state index < -0.39 is 44.7 Å². The normalized spacial score (nSPS) is 28.6. The van der Waals surface area contributed by atoms with E-state index in [4.69, 9.17) is 41.4 Å². The molecule has 14 heteroatoms. The van der Waals surface area contributed by atoms with Crippen molar-refractivity contribution in [3.8, 4) is 0 Å². The number of rotatable bonds is 21. The summed E-state index contributed by atoms with van der Waals surface area (Å²) in [4.78, 5) is 0. The van der Waals surface area contributed by atoms with Gasteiger partial charge in [0.2, 0.25) is 0 Å². The number of ether oxygens (including phenoxy) is 5. The summed E-state index contributed by atoms with van der Waals surface area (Å²) >= 11 is 3.64. The highest BCUT2D eigenvalue weighted by Crippen LogP contribution is 2.51. The zero-order valence-corrected chi connectivity index (χ0v) is 58.7. The highest BCUT2D eigenvalue weighted by atomic mass is 79.9. The molecule has 0 bridgehead atoms. The van der Waals surface area contributed by atoms with Crippen molar-refractivity contribution < 1.29 is 41.4 Å². The molecule has 3 fully saturated rings. The van der Waals surface area contributed by atoms with Crippen LogP contribution in [-0.2, 0) is 48.0 Å². The summed E-state index contributed by atoms with van der Waals surface area (Å²) in [6.07, 6.45) is 11.5. The molecule has 0 N–H and O–H groups in total. The topological polar surface area (TPSA) is 83.1 Å². The maximum absolute atomic E-state index is 7.98. The van der Waals surface area contributed by atoms with Crippen LogP contribution in [0.2, 0.25) is 72.5 Å². The second-order valence-corrected chi connectivity index (χ2v) is 50.4. The van der Waals surface area contributed by atoms with Crippen LogP contribution < -0.4 is 0 Å². The molecule has 12 atom stereocenters. The summed E-state index contributed by atoms with van der Waals surface area (Å²) < 4.78 is 67.9. The van der Waals surface area contributed by atoms with Gasteiger partial charge in [-0.25, -0.2) is 0 Å². The van der Waals surface area contributed by atoms with Crippen LogP contribution in [0.5, 0.6) is 0 Å². The van der Waals surface area contributed by atoms with Crippen molar-refractivity contribution in [3.63, 3.8) is 0 Å². The molecular weight excluding hydrogens is 1080 g/mol. The number of hydrogen-bond acceptors (Lipinski definition) is 9. The number of halogens is 1. The quantitative estimate of drug-likeness (QED) is 0.0883. The largest absolute Gasteiger partial charge is 0.411 e. The molecule has 0 aromatic heterocycles. The van der Waals surface area contributed by atoms with Crippen LogP contribution in [0.25, 0.3) is 0 Å². The monoisotopic (exact) mass is 1190 g/mol. The molecule has 9 nitrogen and oxygen atoms in total. The van der Waals surface area contributed by atoms with Gasteiger partial charge in [-0.15, -0.1) is 0 Å². The Morgan fingerprint density at radius 2 is 1.30 bits per heavy atom. The summed E-state index contributed by atoms with van der Waals surface area (Å²) in [7, 11) is -9.27. The lowest BCUT2D eigenvalue weighted by Crippen LogP contribution is -2.65.